The van der Waals surface area contributed by atoms with Crippen molar-refractivity contribution in [1.82, 2.24) is 9.78 Å². The Hall–Kier alpha value is -2.85. The number of nitrogens with one attached hydrogen (secondary N) is 2. The lowest BCUT2D eigenvalue weighted by Crippen LogP contribution is -2.35. The molecule has 0 radical (unpaired) electrons. The summed E-state index contributed by atoms with van der Waals surface area (Å²) in [7, 11) is 0. The Morgan fingerprint density at radius 3 is 2.62 bits per heavy atom. The molecule has 4 rings (SSSR count). The molecule has 6 nitrogen and oxygen atoms in total. The smallest absolute Gasteiger partial charge is 0.389 e. The summed E-state index contributed by atoms with van der Waals surface area (Å²) in [6.07, 6.45) is -5.51. The maximum atomic E-state index is 13.8. The SMILES string of the molecule is C[C@H](O)c1cccc(NC(=O)c2cc3n(n2)[C@@H](C(F)(F)F)C[C@@H](c2ccc(Br)cc2)N3)c1. The fourth-order valence-electron chi connectivity index (χ4n) is 3.67. The molecule has 0 saturated carbocycles. The van der Waals surface area contributed by atoms with Gasteiger partial charge in [-0.15, -0.1) is 0 Å². The van der Waals surface area contributed by atoms with Gasteiger partial charge in [-0.1, -0.05) is 40.2 Å². The van der Waals surface area contributed by atoms with Gasteiger partial charge in [0.1, 0.15) is 5.82 Å². The number of halogens is 4. The average Bonchev–Trinajstić information content (AvgIpc) is 3.17. The molecule has 0 spiro atoms. The number of fused-ring (bicyclic) bond motifs is 1. The monoisotopic (exact) mass is 508 g/mol. The highest BCUT2D eigenvalue weighted by atomic mass is 79.9. The second-order valence-corrected chi connectivity index (χ2v) is 8.57. The molecule has 2 heterocycles. The zero-order chi connectivity index (χ0) is 23.0. The number of anilines is 2. The van der Waals surface area contributed by atoms with E-state index in [1.807, 2.05) is 0 Å². The van der Waals surface area contributed by atoms with E-state index in [0.717, 1.165) is 9.15 Å². The van der Waals surface area contributed by atoms with Gasteiger partial charge in [-0.05, 0) is 42.3 Å². The molecule has 168 valence electrons. The van der Waals surface area contributed by atoms with Crippen molar-refractivity contribution in [2.75, 3.05) is 10.6 Å². The van der Waals surface area contributed by atoms with E-state index in [-0.39, 0.29) is 17.9 Å². The highest BCUT2D eigenvalue weighted by molar-refractivity contribution is 9.10. The van der Waals surface area contributed by atoms with Gasteiger partial charge in [0.2, 0.25) is 0 Å². The lowest BCUT2D eigenvalue weighted by Gasteiger charge is -2.33. The van der Waals surface area contributed by atoms with E-state index >= 15 is 0 Å². The number of nitrogens with zero attached hydrogens (tertiary/aromatic N) is 2. The topological polar surface area (TPSA) is 79.2 Å². The number of aromatic nitrogens is 2. The van der Waals surface area contributed by atoms with Gasteiger partial charge in [-0.25, -0.2) is 4.68 Å². The molecule has 2 aromatic carbocycles. The fraction of sp³-hybridized carbons (Fsp3) is 0.273. The van der Waals surface area contributed by atoms with Crippen molar-refractivity contribution >= 4 is 33.3 Å². The number of rotatable bonds is 4. The van der Waals surface area contributed by atoms with Crippen LogP contribution in [0.25, 0.3) is 0 Å². The Morgan fingerprint density at radius 2 is 1.97 bits per heavy atom. The summed E-state index contributed by atoms with van der Waals surface area (Å²) in [5.74, 6) is -0.521. The summed E-state index contributed by atoms with van der Waals surface area (Å²) in [6, 6.07) is 12.5. The first kappa shape index (κ1) is 22.3. The van der Waals surface area contributed by atoms with E-state index in [1.54, 1.807) is 55.5 Å². The van der Waals surface area contributed by atoms with Crippen molar-refractivity contribution in [3.63, 3.8) is 0 Å². The molecule has 3 N–H and O–H groups in total. The summed E-state index contributed by atoms with van der Waals surface area (Å²) in [5.41, 5.74) is 1.58. The Bertz CT molecular complexity index is 1130. The van der Waals surface area contributed by atoms with Gasteiger partial charge in [0.05, 0.1) is 12.1 Å². The molecule has 32 heavy (non-hydrogen) atoms. The minimum absolute atomic E-state index is 0.120. The molecular weight excluding hydrogens is 489 g/mol. The molecule has 10 heteroatoms. The predicted octanol–water partition coefficient (Wildman–Crippen LogP) is 5.61. The summed E-state index contributed by atoms with van der Waals surface area (Å²) >= 11 is 3.32. The molecule has 0 fully saturated rings. The molecule has 1 aliphatic rings. The van der Waals surface area contributed by atoms with Crippen LogP contribution in [0, 0.1) is 0 Å². The molecule has 3 atom stereocenters. The Balaban J connectivity index is 1.62. The van der Waals surface area contributed by atoms with Gasteiger partial charge in [0.15, 0.2) is 11.7 Å². The van der Waals surface area contributed by atoms with E-state index < -0.39 is 30.3 Å². The number of carbonyl (C=O) groups excluding carboxylic acids is 1. The van der Waals surface area contributed by atoms with E-state index in [1.165, 1.54) is 6.07 Å². The number of alkyl halides is 3. The van der Waals surface area contributed by atoms with Crippen molar-refractivity contribution in [2.24, 2.45) is 0 Å². The first-order valence-corrected chi connectivity index (χ1v) is 10.7. The van der Waals surface area contributed by atoms with Crippen LogP contribution in [-0.2, 0) is 0 Å². The summed E-state index contributed by atoms with van der Waals surface area (Å²) < 4.78 is 43.1. The highest BCUT2D eigenvalue weighted by Gasteiger charge is 2.46. The van der Waals surface area contributed by atoms with Crippen LogP contribution in [0.4, 0.5) is 24.7 Å². The lowest BCUT2D eigenvalue weighted by atomic mass is 9.97. The van der Waals surface area contributed by atoms with Crippen LogP contribution in [0.2, 0.25) is 0 Å². The number of benzene rings is 2. The number of aliphatic hydroxyl groups is 1. The maximum absolute atomic E-state index is 13.8. The molecule has 1 amide bonds. The number of aliphatic hydroxyl groups excluding tert-OH is 1. The Labute approximate surface area is 190 Å². The lowest BCUT2D eigenvalue weighted by molar-refractivity contribution is -0.173. The molecule has 0 saturated heterocycles. The third-order valence-electron chi connectivity index (χ3n) is 5.32. The van der Waals surface area contributed by atoms with E-state index in [9.17, 15) is 23.1 Å². The normalized spacial score (nSPS) is 19.1. The Morgan fingerprint density at radius 1 is 1.25 bits per heavy atom. The highest BCUT2D eigenvalue weighted by Crippen LogP contribution is 2.43. The second kappa shape index (κ2) is 8.59. The minimum atomic E-state index is -4.53. The van der Waals surface area contributed by atoms with Crippen LogP contribution in [0.15, 0.2) is 59.1 Å². The molecule has 1 aliphatic heterocycles. The molecule has 0 aliphatic carbocycles. The first-order chi connectivity index (χ1) is 15.1. The van der Waals surface area contributed by atoms with Crippen molar-refractivity contribution in [1.29, 1.82) is 0 Å². The second-order valence-electron chi connectivity index (χ2n) is 7.66. The first-order valence-electron chi connectivity index (χ1n) is 9.89. The molecular formula is C22H20BrF3N4O2. The molecule has 0 unspecified atom stereocenters. The van der Waals surface area contributed by atoms with Crippen LogP contribution >= 0.6 is 15.9 Å². The van der Waals surface area contributed by atoms with Crippen molar-refractivity contribution < 1.29 is 23.1 Å². The predicted molar refractivity (Wildman–Crippen MR) is 117 cm³/mol. The number of hydrogen-bond donors (Lipinski definition) is 3. The van der Waals surface area contributed by atoms with Crippen LogP contribution in [0.5, 0.6) is 0 Å². The van der Waals surface area contributed by atoms with Crippen LogP contribution in [0.3, 0.4) is 0 Å². The van der Waals surface area contributed by atoms with Crippen molar-refractivity contribution in [3.8, 4) is 0 Å². The largest absolute Gasteiger partial charge is 0.410 e. The standard InChI is InChI=1S/C22H20BrF3N4O2/c1-12(31)14-3-2-4-16(9-14)27-21(32)18-11-20-28-17(13-5-7-15(23)8-6-13)10-19(22(24,25)26)30(20)29-18/h2-9,11-12,17,19,28,31H,10H2,1H3,(H,27,32)/t12-,17-,19+/m0/s1. The summed E-state index contributed by atoms with van der Waals surface area (Å²) in [5, 5.41) is 19.4. The number of carbonyl (C=O) groups is 1. The van der Waals surface area contributed by atoms with Crippen LogP contribution in [-0.4, -0.2) is 27.0 Å². The van der Waals surface area contributed by atoms with Crippen molar-refractivity contribution in [2.45, 2.75) is 37.7 Å². The maximum Gasteiger partial charge on any atom is 0.410 e. The van der Waals surface area contributed by atoms with Gasteiger partial charge in [0.25, 0.3) is 5.91 Å². The Kier molecular flexibility index (Phi) is 6.00. The third kappa shape index (κ3) is 4.66. The zero-order valence-electron chi connectivity index (χ0n) is 16.9. The third-order valence-corrected chi connectivity index (χ3v) is 5.85. The molecule has 3 aromatic rings. The minimum Gasteiger partial charge on any atom is -0.389 e. The summed E-state index contributed by atoms with van der Waals surface area (Å²) in [4.78, 5) is 12.7. The van der Waals surface area contributed by atoms with E-state index in [0.29, 0.717) is 16.8 Å². The van der Waals surface area contributed by atoms with Crippen LogP contribution in [0.1, 0.15) is 53.1 Å². The molecule has 1 aromatic heterocycles. The summed E-state index contributed by atoms with van der Waals surface area (Å²) in [6.45, 7) is 1.59. The van der Waals surface area contributed by atoms with Gasteiger partial charge in [0, 0.05) is 22.6 Å². The quantitative estimate of drug-likeness (QED) is 0.427. The van der Waals surface area contributed by atoms with E-state index in [2.05, 4.69) is 31.7 Å². The molecule has 0 bridgehead atoms. The van der Waals surface area contributed by atoms with E-state index in [4.69, 9.17) is 0 Å². The number of hydrogen-bond acceptors (Lipinski definition) is 4. The average molecular weight is 509 g/mol. The van der Waals surface area contributed by atoms with Crippen molar-refractivity contribution in [3.05, 3.63) is 75.9 Å². The van der Waals surface area contributed by atoms with Gasteiger partial charge in [-0.2, -0.15) is 18.3 Å². The van der Waals surface area contributed by atoms with Crippen LogP contribution < -0.4 is 10.6 Å². The van der Waals surface area contributed by atoms with Gasteiger partial charge >= 0.3 is 6.18 Å². The fourth-order valence-corrected chi connectivity index (χ4v) is 3.93. The van der Waals surface area contributed by atoms with Gasteiger partial charge < -0.3 is 15.7 Å². The van der Waals surface area contributed by atoms with Gasteiger partial charge in [-0.3, -0.25) is 4.79 Å². The zero-order valence-corrected chi connectivity index (χ0v) is 18.5. The number of amides is 1.